The normalized spacial score (nSPS) is 28.0. The molecule has 2 amide bonds. The fourth-order valence-corrected chi connectivity index (χ4v) is 3.54. The van der Waals surface area contributed by atoms with Crippen molar-refractivity contribution in [2.75, 3.05) is 25.1 Å². The Kier molecular flexibility index (Phi) is 4.43. The van der Waals surface area contributed by atoms with Gasteiger partial charge in [0.1, 0.15) is 0 Å². The smallest absolute Gasteiger partial charge is 0.309 e. The van der Waals surface area contributed by atoms with Gasteiger partial charge in [0.05, 0.1) is 38.2 Å². The van der Waals surface area contributed by atoms with E-state index in [1.54, 1.807) is 12.1 Å². The van der Waals surface area contributed by atoms with Gasteiger partial charge in [-0.25, -0.2) is 4.90 Å². The van der Waals surface area contributed by atoms with Crippen molar-refractivity contribution in [2.24, 2.45) is 5.92 Å². The maximum Gasteiger partial charge on any atom is 0.309 e. The van der Waals surface area contributed by atoms with Crippen molar-refractivity contribution in [3.05, 3.63) is 30.3 Å². The Bertz CT molecular complexity index is 608. The molecule has 0 aliphatic carbocycles. The Labute approximate surface area is 135 Å². The molecule has 2 aliphatic rings. The summed E-state index contributed by atoms with van der Waals surface area (Å²) < 4.78 is 4.79. The van der Waals surface area contributed by atoms with Crippen LogP contribution in [0.3, 0.4) is 0 Å². The molecular weight excluding hydrogens is 296 g/mol. The van der Waals surface area contributed by atoms with Gasteiger partial charge in [0, 0.05) is 12.8 Å². The van der Waals surface area contributed by atoms with Gasteiger partial charge in [-0.15, -0.1) is 0 Å². The van der Waals surface area contributed by atoms with Gasteiger partial charge in [-0.2, -0.15) is 0 Å². The van der Waals surface area contributed by atoms with Crippen LogP contribution in [0, 0.1) is 5.92 Å². The summed E-state index contributed by atoms with van der Waals surface area (Å²) in [4.78, 5) is 38.9. The van der Waals surface area contributed by atoms with E-state index in [2.05, 4.69) is 0 Å². The van der Waals surface area contributed by atoms with E-state index < -0.39 is 0 Å². The van der Waals surface area contributed by atoms with Gasteiger partial charge in [0.15, 0.2) is 6.04 Å². The number of para-hydroxylation sites is 1. The first-order valence-electron chi connectivity index (χ1n) is 7.96. The minimum absolute atomic E-state index is 0.0822. The van der Waals surface area contributed by atoms with Crippen molar-refractivity contribution in [2.45, 2.75) is 25.3 Å². The number of piperidine rings is 1. The van der Waals surface area contributed by atoms with Gasteiger partial charge in [-0.3, -0.25) is 14.4 Å². The summed E-state index contributed by atoms with van der Waals surface area (Å²) in [6.45, 7) is 1.43. The number of rotatable bonds is 3. The maximum atomic E-state index is 12.7. The number of methoxy groups -OCH3 is 1. The molecule has 0 radical (unpaired) electrons. The predicted molar refractivity (Wildman–Crippen MR) is 82.8 cm³/mol. The van der Waals surface area contributed by atoms with E-state index in [1.165, 1.54) is 12.0 Å². The zero-order chi connectivity index (χ0) is 16.4. The van der Waals surface area contributed by atoms with Gasteiger partial charge < -0.3 is 9.64 Å². The number of ether oxygens (including phenoxy) is 1. The molecule has 0 saturated carbocycles. The summed E-state index contributed by atoms with van der Waals surface area (Å²) in [5.74, 6) is -0.536. The SMILES string of the molecule is COC(=O)C1CC[NH+]([C@@H]2CC(=O)N(c3ccccc3)C2=O)CC1. The van der Waals surface area contributed by atoms with E-state index >= 15 is 0 Å². The molecule has 23 heavy (non-hydrogen) atoms. The summed E-state index contributed by atoms with van der Waals surface area (Å²) in [5.41, 5.74) is 0.633. The third-order valence-electron chi connectivity index (χ3n) is 4.82. The number of hydrogen-bond acceptors (Lipinski definition) is 4. The van der Waals surface area contributed by atoms with Crippen molar-refractivity contribution < 1.29 is 24.0 Å². The number of quaternary nitrogens is 1. The number of esters is 1. The second-order valence-electron chi connectivity index (χ2n) is 6.12. The highest BCUT2D eigenvalue weighted by Crippen LogP contribution is 2.22. The van der Waals surface area contributed by atoms with Gasteiger partial charge in [-0.1, -0.05) is 18.2 Å². The van der Waals surface area contributed by atoms with Crippen LogP contribution in [0.5, 0.6) is 0 Å². The lowest BCUT2D eigenvalue weighted by Gasteiger charge is -2.30. The Morgan fingerprint density at radius 3 is 2.43 bits per heavy atom. The maximum absolute atomic E-state index is 12.7. The zero-order valence-corrected chi connectivity index (χ0v) is 13.2. The van der Waals surface area contributed by atoms with Crippen molar-refractivity contribution in [1.29, 1.82) is 0 Å². The number of imide groups is 1. The summed E-state index contributed by atoms with van der Waals surface area (Å²) in [7, 11) is 1.40. The first-order chi connectivity index (χ1) is 11.1. The average molecular weight is 317 g/mol. The zero-order valence-electron chi connectivity index (χ0n) is 13.2. The van der Waals surface area contributed by atoms with Gasteiger partial charge in [0.25, 0.3) is 5.91 Å². The van der Waals surface area contributed by atoms with Gasteiger partial charge in [-0.05, 0) is 12.1 Å². The Balaban J connectivity index is 1.68. The second kappa shape index (κ2) is 6.50. The van der Waals surface area contributed by atoms with Crippen LogP contribution in [0.1, 0.15) is 19.3 Å². The number of nitrogens with zero attached hydrogens (tertiary/aromatic N) is 1. The lowest BCUT2D eigenvalue weighted by Crippen LogP contribution is -3.17. The van der Waals surface area contributed by atoms with Crippen molar-refractivity contribution in [3.63, 3.8) is 0 Å². The Morgan fingerprint density at radius 2 is 1.83 bits per heavy atom. The largest absolute Gasteiger partial charge is 0.469 e. The molecule has 3 rings (SSSR count). The molecule has 6 nitrogen and oxygen atoms in total. The van der Waals surface area contributed by atoms with Crippen LogP contribution < -0.4 is 9.80 Å². The molecule has 0 unspecified atom stereocenters. The topological polar surface area (TPSA) is 68.1 Å². The predicted octanol–water partition coefficient (Wildman–Crippen LogP) is -0.214. The van der Waals surface area contributed by atoms with Crippen LogP contribution in [0.4, 0.5) is 5.69 Å². The highest BCUT2D eigenvalue weighted by molar-refractivity contribution is 6.21. The monoisotopic (exact) mass is 317 g/mol. The molecular formula is C17H21N2O4+. The van der Waals surface area contributed by atoms with Crippen LogP contribution in [0.25, 0.3) is 0 Å². The lowest BCUT2D eigenvalue weighted by atomic mass is 9.95. The number of anilines is 1. The first kappa shape index (κ1) is 15.7. The standard InChI is InChI=1S/C17H20N2O4/c1-23-17(22)12-7-9-18(10-8-12)14-11-15(20)19(16(14)21)13-5-3-2-4-6-13/h2-6,12,14H,7-11H2,1H3/p+1/t14-/m1/s1. The number of nitrogens with one attached hydrogen (secondary N) is 1. The van der Waals surface area contributed by atoms with Crippen molar-refractivity contribution >= 4 is 23.5 Å². The molecule has 2 heterocycles. The van der Waals surface area contributed by atoms with E-state index in [9.17, 15) is 14.4 Å². The Morgan fingerprint density at radius 1 is 1.17 bits per heavy atom. The van der Waals surface area contributed by atoms with E-state index in [0.29, 0.717) is 31.6 Å². The number of carbonyl (C=O) groups excluding carboxylic acids is 3. The molecule has 1 aromatic carbocycles. The molecule has 2 saturated heterocycles. The third kappa shape index (κ3) is 2.99. The molecule has 0 aromatic heterocycles. The number of benzene rings is 1. The second-order valence-corrected chi connectivity index (χ2v) is 6.12. The van der Waals surface area contributed by atoms with Gasteiger partial charge in [0.2, 0.25) is 5.91 Å². The van der Waals surface area contributed by atoms with Gasteiger partial charge >= 0.3 is 5.97 Å². The fourth-order valence-electron chi connectivity index (χ4n) is 3.54. The molecule has 6 heteroatoms. The third-order valence-corrected chi connectivity index (χ3v) is 4.82. The highest BCUT2D eigenvalue weighted by atomic mass is 16.5. The van der Waals surface area contributed by atoms with Crippen LogP contribution in [0.2, 0.25) is 0 Å². The minimum atomic E-state index is -0.332. The van der Waals surface area contributed by atoms with Crippen LogP contribution in [-0.4, -0.2) is 44.0 Å². The first-order valence-corrected chi connectivity index (χ1v) is 7.96. The number of carbonyl (C=O) groups is 3. The molecule has 0 bridgehead atoms. The molecule has 2 fully saturated rings. The van der Waals surface area contributed by atoms with Crippen molar-refractivity contribution in [1.82, 2.24) is 0 Å². The molecule has 122 valence electrons. The summed E-state index contributed by atoms with van der Waals surface area (Å²) in [6, 6.07) is 8.71. The lowest BCUT2D eigenvalue weighted by molar-refractivity contribution is -0.920. The van der Waals surface area contributed by atoms with Crippen LogP contribution in [0.15, 0.2) is 30.3 Å². The number of amides is 2. The molecule has 1 aromatic rings. The van der Waals surface area contributed by atoms with E-state index in [-0.39, 0.29) is 36.2 Å². The minimum Gasteiger partial charge on any atom is -0.469 e. The quantitative estimate of drug-likeness (QED) is 0.618. The molecule has 2 aliphatic heterocycles. The molecule has 1 N–H and O–H groups in total. The number of hydrogen-bond donors (Lipinski definition) is 1. The van der Waals surface area contributed by atoms with Crippen LogP contribution >= 0.6 is 0 Å². The van der Waals surface area contributed by atoms with E-state index in [0.717, 1.165) is 4.90 Å². The van der Waals surface area contributed by atoms with E-state index in [1.807, 2.05) is 18.2 Å². The van der Waals surface area contributed by atoms with Crippen LogP contribution in [-0.2, 0) is 19.1 Å². The summed E-state index contributed by atoms with van der Waals surface area (Å²) >= 11 is 0. The molecule has 0 spiro atoms. The summed E-state index contributed by atoms with van der Waals surface area (Å²) in [5, 5.41) is 0. The fraction of sp³-hybridized carbons (Fsp3) is 0.471. The van der Waals surface area contributed by atoms with E-state index in [4.69, 9.17) is 4.74 Å². The number of likely N-dealkylation sites (tertiary alicyclic amines) is 1. The van der Waals surface area contributed by atoms with Crippen molar-refractivity contribution in [3.8, 4) is 0 Å². The Hall–Kier alpha value is -2.21. The summed E-state index contributed by atoms with van der Waals surface area (Å²) in [6.07, 6.45) is 1.64. The molecule has 1 atom stereocenters. The average Bonchev–Trinajstić information content (AvgIpc) is 2.89. The highest BCUT2D eigenvalue weighted by Gasteiger charge is 2.46.